The van der Waals surface area contributed by atoms with E-state index in [9.17, 15) is 4.79 Å². The molecule has 0 fully saturated rings. The Kier molecular flexibility index (Phi) is 7.15. The number of nitrogens with one attached hydrogen (secondary N) is 2. The van der Waals surface area contributed by atoms with Crippen LogP contribution in [0.5, 0.6) is 17.2 Å². The summed E-state index contributed by atoms with van der Waals surface area (Å²) in [5.74, 6) is 2.70. The molecule has 1 unspecified atom stereocenters. The van der Waals surface area contributed by atoms with Crippen molar-refractivity contribution in [1.82, 2.24) is 20.2 Å². The first-order chi connectivity index (χ1) is 14.6. The number of aromatic nitrogens is 2. The Morgan fingerprint density at radius 3 is 2.60 bits per heavy atom. The number of carbonyl (C=O) groups excluding carboxylic acids is 1. The van der Waals surface area contributed by atoms with Crippen molar-refractivity contribution in [3.63, 3.8) is 0 Å². The maximum atomic E-state index is 12.6. The molecule has 30 heavy (non-hydrogen) atoms. The molecule has 0 aliphatic heterocycles. The summed E-state index contributed by atoms with van der Waals surface area (Å²) in [4.78, 5) is 16.9. The molecule has 0 bridgehead atoms. The van der Waals surface area contributed by atoms with Gasteiger partial charge in [0.2, 0.25) is 0 Å². The highest BCUT2D eigenvalue weighted by atomic mass is 16.5. The summed E-state index contributed by atoms with van der Waals surface area (Å²) in [5.41, 5.74) is 0.865. The summed E-state index contributed by atoms with van der Waals surface area (Å²) in [6.07, 6.45) is 3.53. The molecule has 1 atom stereocenters. The molecule has 1 aromatic heterocycles. The fourth-order valence-corrected chi connectivity index (χ4v) is 3.02. The highest BCUT2D eigenvalue weighted by molar-refractivity contribution is 5.74. The van der Waals surface area contributed by atoms with Gasteiger partial charge in [0.15, 0.2) is 11.5 Å². The highest BCUT2D eigenvalue weighted by Gasteiger charge is 2.21. The molecule has 3 rings (SSSR count). The number of ether oxygens (including phenoxy) is 3. The van der Waals surface area contributed by atoms with Gasteiger partial charge >= 0.3 is 6.03 Å². The molecular weight excluding hydrogens is 384 g/mol. The zero-order valence-corrected chi connectivity index (χ0v) is 17.3. The van der Waals surface area contributed by atoms with Crippen LogP contribution in [0.25, 0.3) is 0 Å². The van der Waals surface area contributed by atoms with Crippen molar-refractivity contribution in [2.24, 2.45) is 7.05 Å². The van der Waals surface area contributed by atoms with E-state index in [4.69, 9.17) is 14.2 Å². The van der Waals surface area contributed by atoms with E-state index in [-0.39, 0.29) is 6.03 Å². The largest absolute Gasteiger partial charge is 0.497 e. The standard InChI is InChI=1S/C22H26N4O4/c1-26-13-11-23-21(26)20(16-7-6-8-17(15-16)28-2)25-22(27)24-12-14-30-19-10-5-4-9-18(19)29-3/h4-11,13,15,20H,12,14H2,1-3H3,(H2,24,25,27). The Morgan fingerprint density at radius 1 is 1.10 bits per heavy atom. The molecular formula is C22H26N4O4. The Labute approximate surface area is 175 Å². The summed E-state index contributed by atoms with van der Waals surface area (Å²) in [5, 5.41) is 5.80. The van der Waals surface area contributed by atoms with Crippen LogP contribution in [-0.4, -0.2) is 43.0 Å². The van der Waals surface area contributed by atoms with Crippen LogP contribution >= 0.6 is 0 Å². The molecule has 0 spiro atoms. The topological polar surface area (TPSA) is 86.6 Å². The quantitative estimate of drug-likeness (QED) is 0.530. The van der Waals surface area contributed by atoms with E-state index in [0.717, 1.165) is 5.56 Å². The van der Waals surface area contributed by atoms with E-state index in [1.54, 1.807) is 20.4 Å². The van der Waals surface area contributed by atoms with Crippen LogP contribution in [0.4, 0.5) is 4.79 Å². The van der Waals surface area contributed by atoms with Gasteiger partial charge in [0, 0.05) is 19.4 Å². The molecule has 8 heteroatoms. The number of imidazole rings is 1. The Morgan fingerprint density at radius 2 is 1.90 bits per heavy atom. The fourth-order valence-electron chi connectivity index (χ4n) is 3.02. The lowest BCUT2D eigenvalue weighted by molar-refractivity contribution is 0.233. The minimum absolute atomic E-state index is 0.306. The first-order valence-electron chi connectivity index (χ1n) is 9.53. The fraction of sp³-hybridized carbons (Fsp3) is 0.273. The molecule has 158 valence electrons. The number of benzene rings is 2. The molecule has 2 amide bonds. The lowest BCUT2D eigenvalue weighted by Gasteiger charge is -2.20. The Bertz CT molecular complexity index is 973. The van der Waals surface area contributed by atoms with Gasteiger partial charge in [-0.25, -0.2) is 9.78 Å². The molecule has 0 saturated heterocycles. The second-order valence-corrected chi connectivity index (χ2v) is 6.51. The van der Waals surface area contributed by atoms with Crippen molar-refractivity contribution < 1.29 is 19.0 Å². The third-order valence-corrected chi connectivity index (χ3v) is 4.53. The van der Waals surface area contributed by atoms with Crippen molar-refractivity contribution in [2.45, 2.75) is 6.04 Å². The number of methoxy groups -OCH3 is 2. The predicted octanol–water partition coefficient (Wildman–Crippen LogP) is 2.90. The van der Waals surface area contributed by atoms with Crippen molar-refractivity contribution in [2.75, 3.05) is 27.4 Å². The number of aryl methyl sites for hydroxylation is 1. The predicted molar refractivity (Wildman–Crippen MR) is 113 cm³/mol. The van der Waals surface area contributed by atoms with Gasteiger partial charge in [0.1, 0.15) is 24.2 Å². The normalized spacial score (nSPS) is 11.4. The maximum Gasteiger partial charge on any atom is 0.315 e. The van der Waals surface area contributed by atoms with Gasteiger partial charge in [0.25, 0.3) is 0 Å². The summed E-state index contributed by atoms with van der Waals surface area (Å²) >= 11 is 0. The van der Waals surface area contributed by atoms with Gasteiger partial charge in [-0.15, -0.1) is 0 Å². The van der Waals surface area contributed by atoms with Crippen LogP contribution in [-0.2, 0) is 7.05 Å². The van der Waals surface area contributed by atoms with Crippen molar-refractivity contribution in [3.05, 3.63) is 72.3 Å². The number of urea groups is 1. The van der Waals surface area contributed by atoms with Crippen LogP contribution in [0.2, 0.25) is 0 Å². The van der Waals surface area contributed by atoms with Gasteiger partial charge < -0.3 is 29.4 Å². The molecule has 1 heterocycles. The third kappa shape index (κ3) is 5.22. The minimum Gasteiger partial charge on any atom is -0.497 e. The van der Waals surface area contributed by atoms with Crippen LogP contribution in [0.15, 0.2) is 60.9 Å². The number of hydrogen-bond acceptors (Lipinski definition) is 5. The van der Waals surface area contributed by atoms with Crippen LogP contribution in [0.1, 0.15) is 17.4 Å². The number of hydrogen-bond donors (Lipinski definition) is 2. The average Bonchev–Trinajstić information content (AvgIpc) is 3.20. The Hall–Kier alpha value is -3.68. The molecule has 0 aliphatic rings. The van der Waals surface area contributed by atoms with E-state index in [1.807, 2.05) is 66.3 Å². The summed E-state index contributed by atoms with van der Waals surface area (Å²) in [6.45, 7) is 0.634. The first-order valence-corrected chi connectivity index (χ1v) is 9.53. The number of carbonyl (C=O) groups is 1. The average molecular weight is 410 g/mol. The lowest BCUT2D eigenvalue weighted by atomic mass is 10.1. The molecule has 2 N–H and O–H groups in total. The van der Waals surface area contributed by atoms with Gasteiger partial charge in [-0.2, -0.15) is 0 Å². The number of para-hydroxylation sites is 2. The van der Waals surface area contributed by atoms with E-state index < -0.39 is 6.04 Å². The molecule has 2 aromatic carbocycles. The third-order valence-electron chi connectivity index (χ3n) is 4.53. The second-order valence-electron chi connectivity index (χ2n) is 6.51. The summed E-state index contributed by atoms with van der Waals surface area (Å²) < 4.78 is 18.1. The number of nitrogens with zero attached hydrogens (tertiary/aromatic N) is 2. The molecule has 0 aliphatic carbocycles. The van der Waals surface area contributed by atoms with Gasteiger partial charge in [0.05, 0.1) is 20.8 Å². The lowest BCUT2D eigenvalue weighted by Crippen LogP contribution is -2.40. The van der Waals surface area contributed by atoms with E-state index in [2.05, 4.69) is 15.6 Å². The first kappa shape index (κ1) is 21.0. The summed E-state index contributed by atoms with van der Waals surface area (Å²) in [7, 11) is 5.08. The zero-order valence-electron chi connectivity index (χ0n) is 17.3. The van der Waals surface area contributed by atoms with E-state index >= 15 is 0 Å². The van der Waals surface area contributed by atoms with Crippen molar-refractivity contribution in [3.8, 4) is 17.2 Å². The molecule has 8 nitrogen and oxygen atoms in total. The second kappa shape index (κ2) is 10.2. The SMILES string of the molecule is COc1cccc(C(NC(=O)NCCOc2ccccc2OC)c2nccn2C)c1. The van der Waals surface area contributed by atoms with Crippen LogP contribution in [0, 0.1) is 0 Å². The molecule has 0 radical (unpaired) electrons. The highest BCUT2D eigenvalue weighted by Crippen LogP contribution is 2.26. The minimum atomic E-state index is -0.435. The maximum absolute atomic E-state index is 12.6. The van der Waals surface area contributed by atoms with E-state index in [1.165, 1.54) is 0 Å². The zero-order chi connectivity index (χ0) is 21.3. The van der Waals surface area contributed by atoms with Crippen molar-refractivity contribution >= 4 is 6.03 Å². The summed E-state index contributed by atoms with van der Waals surface area (Å²) in [6, 6.07) is 14.2. The number of rotatable bonds is 9. The van der Waals surface area contributed by atoms with E-state index in [0.29, 0.717) is 36.2 Å². The molecule has 0 saturated carbocycles. The van der Waals surface area contributed by atoms with Gasteiger partial charge in [-0.1, -0.05) is 24.3 Å². The van der Waals surface area contributed by atoms with Gasteiger partial charge in [-0.05, 0) is 29.8 Å². The van der Waals surface area contributed by atoms with Crippen molar-refractivity contribution in [1.29, 1.82) is 0 Å². The number of amides is 2. The monoisotopic (exact) mass is 410 g/mol. The Balaban J connectivity index is 1.61. The smallest absolute Gasteiger partial charge is 0.315 e. The molecule has 3 aromatic rings. The van der Waals surface area contributed by atoms with Gasteiger partial charge in [-0.3, -0.25) is 0 Å². The van der Waals surface area contributed by atoms with Crippen LogP contribution in [0.3, 0.4) is 0 Å². The van der Waals surface area contributed by atoms with Crippen LogP contribution < -0.4 is 24.8 Å².